The molecule has 1 aliphatic heterocycles. The van der Waals surface area contributed by atoms with Crippen molar-refractivity contribution in [3.63, 3.8) is 0 Å². The Hall–Kier alpha value is -3.36. The lowest BCUT2D eigenvalue weighted by atomic mass is 10.0. The van der Waals surface area contributed by atoms with E-state index in [1.165, 1.54) is 4.90 Å². The number of nitriles is 2. The number of nitrogens with zero attached hydrogens (tertiary/aromatic N) is 4. The van der Waals surface area contributed by atoms with Gasteiger partial charge in [0.25, 0.3) is 0 Å². The Morgan fingerprint density at radius 1 is 1.17 bits per heavy atom. The minimum absolute atomic E-state index is 0.0160. The molecule has 1 saturated carbocycles. The topological polar surface area (TPSA) is 124 Å². The Balaban J connectivity index is 1.70. The third kappa shape index (κ3) is 3.30. The Morgan fingerprint density at radius 2 is 1.87 bits per heavy atom. The van der Waals surface area contributed by atoms with Crippen LogP contribution in [0.4, 0.5) is 11.5 Å². The number of anilines is 2. The number of carbonyl (C=O) groups excluding carboxylic acids is 2. The van der Waals surface area contributed by atoms with Crippen LogP contribution in [0.1, 0.15) is 53.0 Å². The standard InChI is InChI=1S/C22H19N5O2S/c1-11-3-4-12(2)16(7-11)27-18(28)8-17(22(27)29)30-21-15(10-24)19(13-5-6-13)14(9-23)20(25)26-21/h3-4,7,13,17H,5-6,8H2,1-2H3,(H2,25,26)/t17-/m0/s1. The number of pyridine rings is 1. The fraction of sp³-hybridized carbons (Fsp3) is 0.318. The van der Waals surface area contributed by atoms with E-state index in [4.69, 9.17) is 5.73 Å². The average Bonchev–Trinajstić information content (AvgIpc) is 3.50. The minimum Gasteiger partial charge on any atom is -0.383 e. The smallest absolute Gasteiger partial charge is 0.247 e. The van der Waals surface area contributed by atoms with Crippen molar-refractivity contribution in [1.29, 1.82) is 10.5 Å². The van der Waals surface area contributed by atoms with Gasteiger partial charge in [-0.15, -0.1) is 0 Å². The molecule has 30 heavy (non-hydrogen) atoms. The van der Waals surface area contributed by atoms with Gasteiger partial charge < -0.3 is 5.73 Å². The van der Waals surface area contributed by atoms with Gasteiger partial charge in [-0.3, -0.25) is 9.59 Å². The maximum absolute atomic E-state index is 13.1. The molecule has 1 saturated heterocycles. The van der Waals surface area contributed by atoms with Crippen molar-refractivity contribution in [3.05, 3.63) is 46.0 Å². The molecule has 1 aromatic heterocycles. The molecule has 2 fully saturated rings. The summed E-state index contributed by atoms with van der Waals surface area (Å²) in [6.45, 7) is 3.76. The zero-order chi connectivity index (χ0) is 21.6. The highest BCUT2D eigenvalue weighted by atomic mass is 32.2. The molecule has 4 rings (SSSR count). The third-order valence-corrected chi connectivity index (χ3v) is 6.58. The molecule has 0 radical (unpaired) electrons. The second kappa shape index (κ2) is 7.47. The summed E-state index contributed by atoms with van der Waals surface area (Å²) >= 11 is 1.08. The number of thioether (sulfide) groups is 1. The molecule has 7 nitrogen and oxygen atoms in total. The molecular formula is C22H19N5O2S. The number of imide groups is 1. The number of benzene rings is 1. The largest absolute Gasteiger partial charge is 0.383 e. The van der Waals surface area contributed by atoms with Crippen LogP contribution in [0.2, 0.25) is 0 Å². The molecule has 150 valence electrons. The first kappa shape index (κ1) is 19.9. The van der Waals surface area contributed by atoms with Crippen LogP contribution in [0.25, 0.3) is 0 Å². The van der Waals surface area contributed by atoms with Gasteiger partial charge in [-0.25, -0.2) is 9.88 Å². The van der Waals surface area contributed by atoms with Crippen molar-refractivity contribution < 1.29 is 9.59 Å². The molecule has 2 aliphatic rings. The van der Waals surface area contributed by atoms with Gasteiger partial charge in [0.05, 0.1) is 22.1 Å². The quantitative estimate of drug-likeness (QED) is 0.757. The van der Waals surface area contributed by atoms with Gasteiger partial charge in [-0.1, -0.05) is 23.9 Å². The van der Waals surface area contributed by atoms with Gasteiger partial charge in [-0.05, 0) is 55.4 Å². The minimum atomic E-state index is -0.698. The van der Waals surface area contributed by atoms with E-state index in [1.807, 2.05) is 32.0 Å². The first-order valence-corrected chi connectivity index (χ1v) is 10.5. The average molecular weight is 417 g/mol. The van der Waals surface area contributed by atoms with Crippen molar-refractivity contribution >= 4 is 35.1 Å². The van der Waals surface area contributed by atoms with Gasteiger partial charge in [-0.2, -0.15) is 10.5 Å². The summed E-state index contributed by atoms with van der Waals surface area (Å²) < 4.78 is 0. The fourth-order valence-electron chi connectivity index (χ4n) is 3.73. The van der Waals surface area contributed by atoms with E-state index < -0.39 is 5.25 Å². The van der Waals surface area contributed by atoms with Crippen LogP contribution in [0.5, 0.6) is 0 Å². The summed E-state index contributed by atoms with van der Waals surface area (Å²) in [5.74, 6) is -0.440. The van der Waals surface area contributed by atoms with Gasteiger partial charge in [0, 0.05) is 6.42 Å². The molecule has 0 unspecified atom stereocenters. The van der Waals surface area contributed by atoms with Crippen molar-refractivity contribution in [2.24, 2.45) is 0 Å². The van der Waals surface area contributed by atoms with Crippen LogP contribution in [-0.2, 0) is 9.59 Å². The predicted molar refractivity (Wildman–Crippen MR) is 113 cm³/mol. The van der Waals surface area contributed by atoms with Gasteiger partial charge >= 0.3 is 0 Å². The van der Waals surface area contributed by atoms with Gasteiger partial charge in [0.1, 0.15) is 23.0 Å². The Labute approximate surface area is 178 Å². The van der Waals surface area contributed by atoms with Crippen molar-refractivity contribution in [2.75, 3.05) is 10.6 Å². The lowest BCUT2D eigenvalue weighted by Gasteiger charge is -2.18. The summed E-state index contributed by atoms with van der Waals surface area (Å²) in [4.78, 5) is 31.3. The van der Waals surface area contributed by atoms with E-state index in [9.17, 15) is 20.1 Å². The van der Waals surface area contributed by atoms with E-state index >= 15 is 0 Å². The Kier molecular flexibility index (Phi) is 4.97. The summed E-state index contributed by atoms with van der Waals surface area (Å²) in [7, 11) is 0. The zero-order valence-corrected chi connectivity index (χ0v) is 17.4. The number of hydrogen-bond donors (Lipinski definition) is 1. The van der Waals surface area contributed by atoms with E-state index in [0.29, 0.717) is 21.8 Å². The number of aromatic nitrogens is 1. The normalized spacial score (nSPS) is 18.4. The van der Waals surface area contributed by atoms with E-state index in [0.717, 1.165) is 35.7 Å². The number of hydrogen-bond acceptors (Lipinski definition) is 7. The molecule has 8 heteroatoms. The molecule has 2 N–H and O–H groups in total. The van der Waals surface area contributed by atoms with Crippen LogP contribution in [0.3, 0.4) is 0 Å². The highest BCUT2D eigenvalue weighted by Gasteiger charge is 2.42. The van der Waals surface area contributed by atoms with E-state index in [-0.39, 0.29) is 35.5 Å². The first-order chi connectivity index (χ1) is 14.3. The van der Waals surface area contributed by atoms with E-state index in [2.05, 4.69) is 17.1 Å². The highest BCUT2D eigenvalue weighted by molar-refractivity contribution is 8.00. The number of carbonyl (C=O) groups is 2. The van der Waals surface area contributed by atoms with Gasteiger partial charge in [0.2, 0.25) is 11.8 Å². The number of amides is 2. The van der Waals surface area contributed by atoms with Crippen molar-refractivity contribution in [1.82, 2.24) is 4.98 Å². The molecule has 0 spiro atoms. The zero-order valence-electron chi connectivity index (χ0n) is 16.6. The molecule has 1 aliphatic carbocycles. The Bertz CT molecular complexity index is 1170. The number of rotatable bonds is 4. The van der Waals surface area contributed by atoms with Crippen LogP contribution in [-0.4, -0.2) is 22.0 Å². The second-order valence-electron chi connectivity index (χ2n) is 7.63. The van der Waals surface area contributed by atoms with E-state index in [1.54, 1.807) is 0 Å². The molecule has 2 amide bonds. The third-order valence-electron chi connectivity index (χ3n) is 5.40. The van der Waals surface area contributed by atoms with Crippen molar-refractivity contribution in [2.45, 2.75) is 49.3 Å². The van der Waals surface area contributed by atoms with Crippen LogP contribution >= 0.6 is 11.8 Å². The maximum atomic E-state index is 13.1. The van der Waals surface area contributed by atoms with Crippen molar-refractivity contribution in [3.8, 4) is 12.1 Å². The second-order valence-corrected chi connectivity index (χ2v) is 8.82. The van der Waals surface area contributed by atoms with Crippen LogP contribution in [0.15, 0.2) is 23.2 Å². The summed E-state index contributed by atoms with van der Waals surface area (Å²) in [6, 6.07) is 9.84. The van der Waals surface area contributed by atoms with Gasteiger partial charge in [0.15, 0.2) is 0 Å². The predicted octanol–water partition coefficient (Wildman–Crippen LogP) is 3.33. The summed E-state index contributed by atoms with van der Waals surface area (Å²) in [5.41, 5.74) is 9.52. The van der Waals surface area contributed by atoms with Crippen LogP contribution < -0.4 is 10.6 Å². The molecule has 1 atom stereocenters. The monoisotopic (exact) mass is 417 g/mol. The summed E-state index contributed by atoms with van der Waals surface area (Å²) in [5, 5.41) is 18.8. The lowest BCUT2D eigenvalue weighted by Crippen LogP contribution is -2.31. The maximum Gasteiger partial charge on any atom is 0.247 e. The first-order valence-electron chi connectivity index (χ1n) is 9.60. The molecule has 0 bridgehead atoms. The SMILES string of the molecule is Cc1ccc(C)c(N2C(=O)C[C@H](Sc3nc(N)c(C#N)c(C4CC4)c3C#N)C2=O)c1. The number of nitrogens with two attached hydrogens (primary N) is 1. The highest BCUT2D eigenvalue weighted by Crippen LogP contribution is 2.47. The molecule has 1 aromatic carbocycles. The molecule has 2 heterocycles. The Morgan fingerprint density at radius 3 is 2.50 bits per heavy atom. The summed E-state index contributed by atoms with van der Waals surface area (Å²) in [6.07, 6.45) is 1.79. The molecule has 2 aromatic rings. The number of aryl methyl sites for hydroxylation is 2. The van der Waals surface area contributed by atoms with Crippen LogP contribution in [0, 0.1) is 36.5 Å². The number of nitrogen functional groups attached to an aromatic ring is 1. The fourth-order valence-corrected chi connectivity index (χ4v) is 4.86. The molecular weight excluding hydrogens is 398 g/mol. The lowest BCUT2D eigenvalue weighted by molar-refractivity contribution is -0.121.